The number of amides is 1. The maximum Gasteiger partial charge on any atom is 0.332 e. The number of hydrogen-bond acceptors (Lipinski definition) is 8. The molecule has 0 aromatic carbocycles. The van der Waals surface area contributed by atoms with Crippen LogP contribution >= 0.6 is 0 Å². The first-order valence-electron chi connectivity index (χ1n) is 9.95. The third-order valence-electron chi connectivity index (χ3n) is 4.98. The molecule has 182 valence electrons. The number of nitrogens with two attached hydrogens (primary N) is 1. The Labute approximate surface area is 195 Å². The molecule has 0 aliphatic carbocycles. The zero-order valence-electron chi connectivity index (χ0n) is 19.2. The van der Waals surface area contributed by atoms with Gasteiger partial charge in [0.25, 0.3) is 17.0 Å². The number of hydrogen-bond donors (Lipinski definition) is 3. The first-order chi connectivity index (χ1) is 16.6. The van der Waals surface area contributed by atoms with Crippen molar-refractivity contribution in [1.82, 2.24) is 43.2 Å². The lowest BCUT2D eigenvalue weighted by Crippen LogP contribution is -2.36. The molecule has 0 spiro atoms. The SMILES string of the molecule is Cn1c(=O)c2[nH]cnc2n(C)c1=O.Cn1c(=O)c2[nH]cnc2n(C)c1=O.NC(=O)c1ccccn1. The van der Waals surface area contributed by atoms with E-state index in [1.807, 2.05) is 0 Å². The Hall–Kier alpha value is -5.08. The van der Waals surface area contributed by atoms with Crippen LogP contribution in [0.2, 0.25) is 0 Å². The lowest BCUT2D eigenvalue weighted by atomic mass is 10.3. The van der Waals surface area contributed by atoms with Crippen LogP contribution in [0.3, 0.4) is 0 Å². The molecule has 0 aliphatic heterocycles. The van der Waals surface area contributed by atoms with Crippen molar-refractivity contribution in [2.24, 2.45) is 33.9 Å². The number of pyridine rings is 1. The molecule has 15 nitrogen and oxygen atoms in total. The standard InChI is InChI=1S/2C7H8N4O2.C6H6N2O/c2*1-10-5-4(8-3-9-5)6(12)11(2)7(10)13;7-6(9)5-3-1-2-4-8-5/h2*3H,1-2H3,(H,8,9);1-4H,(H2,7,9). The van der Waals surface area contributed by atoms with E-state index in [4.69, 9.17) is 5.73 Å². The summed E-state index contributed by atoms with van der Waals surface area (Å²) in [4.78, 5) is 72.8. The van der Waals surface area contributed by atoms with E-state index >= 15 is 0 Å². The van der Waals surface area contributed by atoms with Crippen LogP contribution in [0.15, 0.2) is 56.2 Å². The molecule has 0 aliphatic rings. The number of aromatic nitrogens is 9. The fourth-order valence-electron chi connectivity index (χ4n) is 3.05. The van der Waals surface area contributed by atoms with E-state index in [0.29, 0.717) is 28.0 Å². The summed E-state index contributed by atoms with van der Waals surface area (Å²) in [6.45, 7) is 0. The summed E-state index contributed by atoms with van der Waals surface area (Å²) in [5, 5.41) is 0. The third-order valence-corrected chi connectivity index (χ3v) is 4.98. The number of carbonyl (C=O) groups is 1. The number of fused-ring (bicyclic) bond motifs is 2. The average molecular weight is 482 g/mol. The van der Waals surface area contributed by atoms with Gasteiger partial charge in [-0.1, -0.05) is 6.07 Å². The van der Waals surface area contributed by atoms with Crippen molar-refractivity contribution >= 4 is 28.2 Å². The van der Waals surface area contributed by atoms with Crippen molar-refractivity contribution in [1.29, 1.82) is 0 Å². The van der Waals surface area contributed by atoms with Crippen LogP contribution in [0.25, 0.3) is 22.3 Å². The molecule has 0 saturated heterocycles. The number of nitrogens with one attached hydrogen (secondary N) is 2. The van der Waals surface area contributed by atoms with E-state index in [-0.39, 0.29) is 22.5 Å². The number of primary amides is 1. The van der Waals surface area contributed by atoms with Gasteiger partial charge in [-0.05, 0) is 12.1 Å². The Morgan fingerprint density at radius 1 is 0.743 bits per heavy atom. The quantitative estimate of drug-likeness (QED) is 0.246. The Balaban J connectivity index is 0.000000150. The Morgan fingerprint density at radius 2 is 1.20 bits per heavy atom. The number of nitrogens with zero attached hydrogens (tertiary/aromatic N) is 7. The van der Waals surface area contributed by atoms with Gasteiger partial charge < -0.3 is 15.7 Å². The van der Waals surface area contributed by atoms with Crippen molar-refractivity contribution in [3.05, 3.63) is 84.4 Å². The third kappa shape index (κ3) is 4.68. The second-order valence-electron chi connectivity index (χ2n) is 7.19. The Bertz CT molecular complexity index is 1650. The minimum atomic E-state index is -0.490. The molecular formula is C20H22N10O5. The van der Waals surface area contributed by atoms with E-state index in [2.05, 4.69) is 24.9 Å². The van der Waals surface area contributed by atoms with Crippen molar-refractivity contribution in [2.75, 3.05) is 0 Å². The van der Waals surface area contributed by atoms with Crippen molar-refractivity contribution in [3.8, 4) is 0 Å². The number of aryl methyl sites for hydroxylation is 2. The highest BCUT2D eigenvalue weighted by Crippen LogP contribution is 1.98. The van der Waals surface area contributed by atoms with Crippen LogP contribution in [0.1, 0.15) is 10.5 Å². The zero-order valence-corrected chi connectivity index (χ0v) is 19.2. The van der Waals surface area contributed by atoms with E-state index in [1.54, 1.807) is 32.3 Å². The first-order valence-corrected chi connectivity index (χ1v) is 9.95. The maximum absolute atomic E-state index is 11.4. The van der Waals surface area contributed by atoms with Crippen LogP contribution < -0.4 is 28.2 Å². The number of rotatable bonds is 1. The molecule has 15 heteroatoms. The number of imidazole rings is 2. The van der Waals surface area contributed by atoms with E-state index in [9.17, 15) is 24.0 Å². The van der Waals surface area contributed by atoms with Crippen LogP contribution in [-0.4, -0.2) is 49.1 Å². The predicted octanol–water partition coefficient (Wildman–Crippen LogP) is -1.90. The monoisotopic (exact) mass is 482 g/mol. The van der Waals surface area contributed by atoms with Gasteiger partial charge >= 0.3 is 11.4 Å². The van der Waals surface area contributed by atoms with Gasteiger partial charge in [0.2, 0.25) is 0 Å². The van der Waals surface area contributed by atoms with Gasteiger partial charge in [-0.3, -0.25) is 37.6 Å². The summed E-state index contributed by atoms with van der Waals surface area (Å²) in [6, 6.07) is 5.02. The lowest BCUT2D eigenvalue weighted by molar-refractivity contribution is 0.0995. The van der Waals surface area contributed by atoms with Gasteiger partial charge in [-0.25, -0.2) is 19.6 Å². The van der Waals surface area contributed by atoms with Crippen LogP contribution in [0, 0.1) is 0 Å². The molecule has 0 bridgehead atoms. The second kappa shape index (κ2) is 9.82. The average Bonchev–Trinajstić information content (AvgIpc) is 3.55. The topological polar surface area (TPSA) is 201 Å². The molecule has 0 saturated carbocycles. The smallest absolute Gasteiger partial charge is 0.332 e. The van der Waals surface area contributed by atoms with Gasteiger partial charge in [0, 0.05) is 34.4 Å². The molecule has 0 fully saturated rings. The molecule has 1 amide bonds. The fourth-order valence-corrected chi connectivity index (χ4v) is 3.05. The van der Waals surface area contributed by atoms with E-state index < -0.39 is 5.91 Å². The van der Waals surface area contributed by atoms with E-state index in [1.165, 1.54) is 42.1 Å². The Kier molecular flexibility index (Phi) is 6.89. The van der Waals surface area contributed by atoms with Gasteiger partial charge in [0.1, 0.15) is 16.7 Å². The molecule has 0 radical (unpaired) electrons. The highest BCUT2D eigenvalue weighted by atomic mass is 16.2. The largest absolute Gasteiger partial charge is 0.364 e. The van der Waals surface area contributed by atoms with Crippen LogP contribution in [0.4, 0.5) is 0 Å². The fraction of sp³-hybridized carbons (Fsp3) is 0.200. The second-order valence-corrected chi connectivity index (χ2v) is 7.19. The molecule has 5 rings (SSSR count). The van der Waals surface area contributed by atoms with Crippen molar-refractivity contribution < 1.29 is 4.79 Å². The normalized spacial score (nSPS) is 10.4. The van der Waals surface area contributed by atoms with Gasteiger partial charge in [-0.2, -0.15) is 0 Å². The first kappa shape index (κ1) is 24.6. The van der Waals surface area contributed by atoms with Crippen molar-refractivity contribution in [2.45, 2.75) is 0 Å². The number of H-pyrrole nitrogens is 2. The molecule has 5 heterocycles. The van der Waals surface area contributed by atoms with E-state index in [0.717, 1.165) is 9.13 Å². The van der Waals surface area contributed by atoms with Gasteiger partial charge in [-0.15, -0.1) is 0 Å². The Morgan fingerprint density at radius 3 is 1.54 bits per heavy atom. The summed E-state index contributed by atoms with van der Waals surface area (Å²) >= 11 is 0. The van der Waals surface area contributed by atoms with Gasteiger partial charge in [0.15, 0.2) is 11.3 Å². The summed E-state index contributed by atoms with van der Waals surface area (Å²) in [5.74, 6) is -0.490. The minimum absolute atomic E-state index is 0.303. The molecule has 35 heavy (non-hydrogen) atoms. The molecule has 4 N–H and O–H groups in total. The molecule has 0 unspecified atom stereocenters. The zero-order chi connectivity index (χ0) is 25.9. The highest BCUT2D eigenvalue weighted by molar-refractivity contribution is 5.90. The minimum Gasteiger partial charge on any atom is -0.364 e. The molecule has 5 aromatic rings. The molecule has 5 aromatic heterocycles. The summed E-state index contributed by atoms with van der Waals surface area (Å²) < 4.78 is 4.74. The number of aromatic amines is 2. The van der Waals surface area contributed by atoms with Crippen LogP contribution in [-0.2, 0) is 28.2 Å². The summed E-state index contributed by atoms with van der Waals surface area (Å²) in [5.41, 5.74) is 5.24. The number of carbonyl (C=O) groups excluding carboxylic acids is 1. The predicted molar refractivity (Wildman–Crippen MR) is 126 cm³/mol. The highest BCUT2D eigenvalue weighted by Gasteiger charge is 2.10. The molecular weight excluding hydrogens is 460 g/mol. The maximum atomic E-state index is 11.4. The van der Waals surface area contributed by atoms with Gasteiger partial charge in [0.05, 0.1) is 12.7 Å². The van der Waals surface area contributed by atoms with Crippen LogP contribution in [0.5, 0.6) is 0 Å². The molecule has 0 atom stereocenters. The summed E-state index contributed by atoms with van der Waals surface area (Å²) in [7, 11) is 6.02. The van der Waals surface area contributed by atoms with Crippen molar-refractivity contribution in [3.63, 3.8) is 0 Å². The summed E-state index contributed by atoms with van der Waals surface area (Å²) in [6.07, 6.45) is 4.32. The lowest BCUT2D eigenvalue weighted by Gasteiger charge is -2.00.